The van der Waals surface area contributed by atoms with Crippen LogP contribution < -0.4 is 9.62 Å². The summed E-state index contributed by atoms with van der Waals surface area (Å²) >= 11 is 1.57. The number of rotatable bonds is 5. The number of hydrogen-bond donors (Lipinski definition) is 1. The Labute approximate surface area is 181 Å². The van der Waals surface area contributed by atoms with E-state index >= 15 is 0 Å². The Bertz CT molecular complexity index is 1180. The summed E-state index contributed by atoms with van der Waals surface area (Å²) in [6, 6.07) is 21.5. The first kappa shape index (κ1) is 20.5. The Balaban J connectivity index is 1.57. The maximum Gasteiger partial charge on any atom is 0.261 e. The number of aryl methyl sites for hydroxylation is 2. The van der Waals surface area contributed by atoms with Gasteiger partial charge in [0, 0.05) is 11.4 Å². The molecule has 0 aromatic heterocycles. The summed E-state index contributed by atoms with van der Waals surface area (Å²) in [5.41, 5.74) is 4.64. The van der Waals surface area contributed by atoms with Crippen LogP contribution in [-0.2, 0) is 14.8 Å². The van der Waals surface area contributed by atoms with Gasteiger partial charge in [-0.2, -0.15) is 0 Å². The van der Waals surface area contributed by atoms with Crippen LogP contribution in [0.1, 0.15) is 22.1 Å². The number of hydrogen-bond acceptors (Lipinski definition) is 4. The molecule has 1 aliphatic heterocycles. The van der Waals surface area contributed by atoms with Crippen molar-refractivity contribution in [3.8, 4) is 0 Å². The van der Waals surface area contributed by atoms with Crippen LogP contribution in [0.5, 0.6) is 0 Å². The van der Waals surface area contributed by atoms with Gasteiger partial charge in [-0.15, -0.1) is 11.8 Å². The molecule has 0 radical (unpaired) electrons. The fraction of sp³-hybridized carbons (Fsp3) is 0.174. The van der Waals surface area contributed by atoms with Crippen molar-refractivity contribution in [1.29, 1.82) is 0 Å². The zero-order valence-electron chi connectivity index (χ0n) is 16.7. The maximum absolute atomic E-state index is 12.6. The van der Waals surface area contributed by atoms with Crippen molar-refractivity contribution in [2.45, 2.75) is 24.1 Å². The van der Waals surface area contributed by atoms with Gasteiger partial charge in [0.05, 0.1) is 10.6 Å². The molecule has 1 amide bonds. The van der Waals surface area contributed by atoms with Crippen molar-refractivity contribution in [2.75, 3.05) is 15.4 Å². The average Bonchev–Trinajstić information content (AvgIpc) is 3.12. The van der Waals surface area contributed by atoms with Crippen LogP contribution in [-0.4, -0.2) is 20.1 Å². The third-order valence-electron chi connectivity index (χ3n) is 5.14. The molecule has 1 heterocycles. The Kier molecular flexibility index (Phi) is 5.58. The number of thioether (sulfide) groups is 1. The highest BCUT2D eigenvalue weighted by atomic mass is 32.2. The minimum Gasteiger partial charge on any atom is -0.295 e. The van der Waals surface area contributed by atoms with E-state index in [4.69, 9.17) is 0 Å². The maximum atomic E-state index is 12.6. The molecule has 3 aromatic carbocycles. The molecule has 1 saturated heterocycles. The van der Waals surface area contributed by atoms with Gasteiger partial charge >= 0.3 is 0 Å². The number of anilines is 2. The molecule has 5 nitrogen and oxygen atoms in total. The van der Waals surface area contributed by atoms with Crippen LogP contribution in [0.15, 0.2) is 77.7 Å². The van der Waals surface area contributed by atoms with E-state index in [1.54, 1.807) is 54.2 Å². The number of carbonyl (C=O) groups is 1. The smallest absolute Gasteiger partial charge is 0.261 e. The first-order chi connectivity index (χ1) is 14.3. The number of nitrogens with zero attached hydrogens (tertiary/aromatic N) is 1. The molecule has 1 atom stereocenters. The second-order valence-electron chi connectivity index (χ2n) is 7.24. The lowest BCUT2D eigenvalue weighted by atomic mass is 10.1. The average molecular weight is 439 g/mol. The number of carbonyl (C=O) groups excluding carboxylic acids is 1. The first-order valence-electron chi connectivity index (χ1n) is 9.54. The summed E-state index contributed by atoms with van der Waals surface area (Å²) < 4.78 is 27.6. The third kappa shape index (κ3) is 4.08. The zero-order chi connectivity index (χ0) is 21.3. The lowest BCUT2D eigenvalue weighted by Crippen LogP contribution is -2.27. The van der Waals surface area contributed by atoms with Gasteiger partial charge in [-0.05, 0) is 66.9 Å². The van der Waals surface area contributed by atoms with Crippen LogP contribution in [0.3, 0.4) is 0 Å². The second kappa shape index (κ2) is 8.16. The second-order valence-corrected chi connectivity index (χ2v) is 9.99. The molecule has 0 aliphatic carbocycles. The van der Waals surface area contributed by atoms with Crippen molar-refractivity contribution in [3.63, 3.8) is 0 Å². The van der Waals surface area contributed by atoms with Crippen LogP contribution in [0.2, 0.25) is 0 Å². The molecule has 4 rings (SSSR count). The van der Waals surface area contributed by atoms with Crippen LogP contribution in [0.25, 0.3) is 0 Å². The fourth-order valence-corrected chi connectivity index (χ4v) is 5.61. The van der Waals surface area contributed by atoms with E-state index in [2.05, 4.69) is 4.72 Å². The molecular formula is C23H22N2O3S2. The van der Waals surface area contributed by atoms with Crippen molar-refractivity contribution < 1.29 is 13.2 Å². The number of sulfonamides is 1. The van der Waals surface area contributed by atoms with E-state index in [0.717, 1.165) is 16.8 Å². The number of nitrogens with one attached hydrogen (secondary N) is 1. The van der Waals surface area contributed by atoms with Gasteiger partial charge in [0.15, 0.2) is 0 Å². The zero-order valence-corrected chi connectivity index (χ0v) is 18.3. The largest absolute Gasteiger partial charge is 0.295 e. The van der Waals surface area contributed by atoms with E-state index in [1.165, 1.54) is 5.56 Å². The van der Waals surface area contributed by atoms with E-state index < -0.39 is 10.0 Å². The van der Waals surface area contributed by atoms with E-state index in [1.807, 2.05) is 49.1 Å². The third-order valence-corrected chi connectivity index (χ3v) is 7.75. The molecule has 1 fully saturated rings. The summed E-state index contributed by atoms with van der Waals surface area (Å²) in [7, 11) is -3.64. The van der Waals surface area contributed by atoms with Crippen molar-refractivity contribution in [1.82, 2.24) is 0 Å². The van der Waals surface area contributed by atoms with Gasteiger partial charge in [-0.3, -0.25) is 14.4 Å². The minimum atomic E-state index is -3.64. The molecule has 7 heteroatoms. The van der Waals surface area contributed by atoms with Gasteiger partial charge in [0.1, 0.15) is 5.37 Å². The van der Waals surface area contributed by atoms with Gasteiger partial charge in [-0.25, -0.2) is 8.42 Å². The summed E-state index contributed by atoms with van der Waals surface area (Å²) in [4.78, 5) is 14.6. The molecule has 0 unspecified atom stereocenters. The molecule has 0 bridgehead atoms. The summed E-state index contributed by atoms with van der Waals surface area (Å²) in [6.07, 6.45) is 0. The van der Waals surface area contributed by atoms with Gasteiger partial charge in [0.2, 0.25) is 5.91 Å². The lowest BCUT2D eigenvalue weighted by molar-refractivity contribution is -0.115. The Morgan fingerprint density at radius 3 is 2.30 bits per heavy atom. The number of amides is 1. The standard InChI is InChI=1S/C23H22N2O3S2/c1-16-8-13-20(14-17(16)2)25-22(26)15-29-23(25)18-9-11-19(12-10-18)24-30(27,28)21-6-4-3-5-7-21/h3-14,23-24H,15H2,1-2H3/t23-/m1/s1. The molecular weight excluding hydrogens is 416 g/mol. The Hall–Kier alpha value is -2.77. The SMILES string of the molecule is Cc1ccc(N2C(=O)CS[C@@H]2c2ccc(NS(=O)(=O)c3ccccc3)cc2)cc1C. The highest BCUT2D eigenvalue weighted by molar-refractivity contribution is 8.00. The van der Waals surface area contributed by atoms with Crippen LogP contribution >= 0.6 is 11.8 Å². The quantitative estimate of drug-likeness (QED) is 0.616. The van der Waals surface area contributed by atoms with Crippen molar-refractivity contribution in [2.24, 2.45) is 0 Å². The predicted molar refractivity (Wildman–Crippen MR) is 122 cm³/mol. The summed E-state index contributed by atoms with van der Waals surface area (Å²) in [6.45, 7) is 4.08. The molecule has 3 aromatic rings. The van der Waals surface area contributed by atoms with Gasteiger partial charge in [-0.1, -0.05) is 36.4 Å². The molecule has 0 saturated carbocycles. The number of benzene rings is 3. The molecule has 154 valence electrons. The Morgan fingerprint density at radius 2 is 1.63 bits per heavy atom. The summed E-state index contributed by atoms with van der Waals surface area (Å²) in [5.74, 6) is 0.488. The molecule has 0 spiro atoms. The van der Waals surface area contributed by atoms with E-state index in [9.17, 15) is 13.2 Å². The van der Waals surface area contributed by atoms with Crippen molar-refractivity contribution >= 4 is 39.1 Å². The monoisotopic (exact) mass is 438 g/mol. The van der Waals surface area contributed by atoms with Crippen LogP contribution in [0.4, 0.5) is 11.4 Å². The highest BCUT2D eigenvalue weighted by Crippen LogP contribution is 2.42. The van der Waals surface area contributed by atoms with E-state index in [-0.39, 0.29) is 16.2 Å². The van der Waals surface area contributed by atoms with Crippen molar-refractivity contribution in [3.05, 3.63) is 89.5 Å². The molecule has 1 aliphatic rings. The minimum absolute atomic E-state index is 0.0714. The van der Waals surface area contributed by atoms with Crippen LogP contribution in [0, 0.1) is 13.8 Å². The predicted octanol–water partition coefficient (Wildman–Crippen LogP) is 4.88. The normalized spacial score (nSPS) is 16.7. The fourth-order valence-electron chi connectivity index (χ4n) is 3.35. The topological polar surface area (TPSA) is 66.5 Å². The van der Waals surface area contributed by atoms with Gasteiger partial charge in [0.25, 0.3) is 10.0 Å². The highest BCUT2D eigenvalue weighted by Gasteiger charge is 2.34. The lowest BCUT2D eigenvalue weighted by Gasteiger charge is -2.25. The summed E-state index contributed by atoms with van der Waals surface area (Å²) in [5, 5.41) is -0.139. The Morgan fingerprint density at radius 1 is 0.933 bits per heavy atom. The first-order valence-corrected chi connectivity index (χ1v) is 12.1. The molecule has 30 heavy (non-hydrogen) atoms. The van der Waals surface area contributed by atoms with Gasteiger partial charge < -0.3 is 0 Å². The molecule has 1 N–H and O–H groups in total. The van der Waals surface area contributed by atoms with E-state index in [0.29, 0.717) is 11.4 Å².